The van der Waals surface area contributed by atoms with Gasteiger partial charge in [0.05, 0.1) is 0 Å². The fourth-order valence-electron chi connectivity index (χ4n) is 3.90. The Balaban J connectivity index is 1.49. The molecule has 2 atom stereocenters. The van der Waals surface area contributed by atoms with Gasteiger partial charge in [0.1, 0.15) is 0 Å². The van der Waals surface area contributed by atoms with Crippen LogP contribution < -0.4 is 5.32 Å². The number of likely N-dealkylation sites (tertiary alicyclic amines) is 1. The van der Waals surface area contributed by atoms with Crippen LogP contribution in [0.1, 0.15) is 31.7 Å². The van der Waals surface area contributed by atoms with E-state index in [2.05, 4.69) is 47.5 Å². The van der Waals surface area contributed by atoms with Crippen LogP contribution in [0, 0.1) is 11.8 Å². The topological polar surface area (TPSA) is 15.3 Å². The molecule has 0 radical (unpaired) electrons. The minimum atomic E-state index is 0.779. The largest absolute Gasteiger partial charge is 0.315 e. The van der Waals surface area contributed by atoms with Crippen molar-refractivity contribution in [1.82, 2.24) is 10.2 Å². The number of nitrogens with zero attached hydrogens (tertiary/aromatic N) is 1. The van der Waals surface area contributed by atoms with E-state index in [0.29, 0.717) is 0 Å². The van der Waals surface area contributed by atoms with E-state index >= 15 is 0 Å². The molecule has 1 aromatic carbocycles. The molecule has 0 saturated carbocycles. The minimum Gasteiger partial charge on any atom is -0.315 e. The zero-order chi connectivity index (χ0) is 13.8. The summed E-state index contributed by atoms with van der Waals surface area (Å²) in [5.41, 5.74) is 1.51. The molecule has 20 heavy (non-hydrogen) atoms. The molecule has 2 aliphatic heterocycles. The highest BCUT2D eigenvalue weighted by Gasteiger charge is 2.30. The summed E-state index contributed by atoms with van der Waals surface area (Å²) in [4.78, 5) is 2.75. The molecular formula is C18H28N2. The maximum Gasteiger partial charge on any atom is 0.0246 e. The van der Waals surface area contributed by atoms with Crippen LogP contribution in [0.5, 0.6) is 0 Å². The Bertz CT molecular complexity index is 395. The summed E-state index contributed by atoms with van der Waals surface area (Å²) in [6.45, 7) is 7.44. The molecule has 3 rings (SSSR count). The third-order valence-electron chi connectivity index (χ3n) is 5.27. The van der Waals surface area contributed by atoms with Crippen LogP contribution in [0.25, 0.3) is 0 Å². The highest BCUT2D eigenvalue weighted by molar-refractivity contribution is 5.15. The summed E-state index contributed by atoms with van der Waals surface area (Å²) in [6.07, 6.45) is 5.36. The fourth-order valence-corrected chi connectivity index (χ4v) is 3.90. The molecule has 0 aliphatic carbocycles. The lowest BCUT2D eigenvalue weighted by Gasteiger charge is -2.42. The van der Waals surface area contributed by atoms with Crippen molar-refractivity contribution in [3.05, 3.63) is 35.9 Å². The summed E-state index contributed by atoms with van der Waals surface area (Å²) < 4.78 is 0. The van der Waals surface area contributed by atoms with Gasteiger partial charge in [0.25, 0.3) is 0 Å². The van der Waals surface area contributed by atoms with Crippen LogP contribution in [-0.4, -0.2) is 37.1 Å². The summed E-state index contributed by atoms with van der Waals surface area (Å²) in [5.74, 6) is 1.75. The predicted molar refractivity (Wildman–Crippen MR) is 84.9 cm³/mol. The van der Waals surface area contributed by atoms with Crippen LogP contribution in [0.4, 0.5) is 0 Å². The van der Waals surface area contributed by atoms with Gasteiger partial charge in [-0.15, -0.1) is 0 Å². The van der Waals surface area contributed by atoms with Crippen LogP contribution in [-0.2, 0) is 6.42 Å². The average Bonchev–Trinajstić information content (AvgIpc) is 2.50. The van der Waals surface area contributed by atoms with Crippen molar-refractivity contribution in [2.45, 2.75) is 38.6 Å². The quantitative estimate of drug-likeness (QED) is 0.910. The molecule has 1 N–H and O–H groups in total. The number of nitrogens with one attached hydrogen (secondary N) is 1. The lowest BCUT2D eigenvalue weighted by Crippen LogP contribution is -2.52. The molecule has 0 spiro atoms. The Morgan fingerprint density at radius 1 is 1.10 bits per heavy atom. The number of rotatable bonds is 3. The van der Waals surface area contributed by atoms with Gasteiger partial charge in [-0.05, 0) is 62.7 Å². The zero-order valence-electron chi connectivity index (χ0n) is 12.7. The standard InChI is InChI=1S/C18H28N2/c1-15-7-10-19-14-18(15)20-11-8-17(9-12-20)13-16-5-3-2-4-6-16/h2-6,15,17-19H,7-14H2,1H3. The second-order valence-electron chi connectivity index (χ2n) is 6.71. The van der Waals surface area contributed by atoms with Crippen molar-refractivity contribution in [3.8, 4) is 0 Å². The van der Waals surface area contributed by atoms with Gasteiger partial charge in [-0.25, -0.2) is 0 Å². The van der Waals surface area contributed by atoms with Crippen LogP contribution >= 0.6 is 0 Å². The minimum absolute atomic E-state index is 0.779. The van der Waals surface area contributed by atoms with Crippen molar-refractivity contribution in [1.29, 1.82) is 0 Å². The third kappa shape index (κ3) is 3.42. The van der Waals surface area contributed by atoms with Gasteiger partial charge in [0, 0.05) is 12.6 Å². The van der Waals surface area contributed by atoms with Gasteiger partial charge >= 0.3 is 0 Å². The second kappa shape index (κ2) is 6.73. The fraction of sp³-hybridized carbons (Fsp3) is 0.667. The number of hydrogen-bond donors (Lipinski definition) is 1. The van der Waals surface area contributed by atoms with Crippen LogP contribution in [0.3, 0.4) is 0 Å². The molecule has 0 aromatic heterocycles. The molecule has 110 valence electrons. The van der Waals surface area contributed by atoms with E-state index in [9.17, 15) is 0 Å². The lowest BCUT2D eigenvalue weighted by atomic mass is 9.87. The van der Waals surface area contributed by atoms with Crippen molar-refractivity contribution >= 4 is 0 Å². The lowest BCUT2D eigenvalue weighted by molar-refractivity contribution is 0.0829. The maximum absolute atomic E-state index is 3.57. The first-order chi connectivity index (χ1) is 9.83. The monoisotopic (exact) mass is 272 g/mol. The SMILES string of the molecule is CC1CCNCC1N1CCC(Cc2ccccc2)CC1. The van der Waals surface area contributed by atoms with E-state index < -0.39 is 0 Å². The Labute approximate surface area is 123 Å². The van der Waals surface area contributed by atoms with E-state index in [-0.39, 0.29) is 0 Å². The van der Waals surface area contributed by atoms with Gasteiger partial charge in [-0.3, -0.25) is 4.90 Å². The summed E-state index contributed by atoms with van der Waals surface area (Å²) in [5, 5.41) is 3.57. The molecule has 0 amide bonds. The van der Waals surface area contributed by atoms with Crippen molar-refractivity contribution in [2.24, 2.45) is 11.8 Å². The number of benzene rings is 1. The number of hydrogen-bond acceptors (Lipinski definition) is 2. The maximum atomic E-state index is 3.57. The highest BCUT2D eigenvalue weighted by Crippen LogP contribution is 2.26. The molecule has 2 saturated heterocycles. The van der Waals surface area contributed by atoms with Gasteiger partial charge in [0.2, 0.25) is 0 Å². The van der Waals surface area contributed by atoms with Crippen LogP contribution in [0.15, 0.2) is 30.3 Å². The van der Waals surface area contributed by atoms with E-state index in [1.165, 1.54) is 57.4 Å². The van der Waals surface area contributed by atoms with Crippen molar-refractivity contribution < 1.29 is 0 Å². The Kier molecular flexibility index (Phi) is 4.74. The van der Waals surface area contributed by atoms with Gasteiger partial charge in [0.15, 0.2) is 0 Å². The zero-order valence-corrected chi connectivity index (χ0v) is 12.7. The molecule has 2 nitrogen and oxygen atoms in total. The van der Waals surface area contributed by atoms with E-state index in [0.717, 1.165) is 17.9 Å². The Hall–Kier alpha value is -0.860. The predicted octanol–water partition coefficient (Wildman–Crippen LogP) is 2.94. The normalized spacial score (nSPS) is 29.4. The van der Waals surface area contributed by atoms with Crippen molar-refractivity contribution in [3.63, 3.8) is 0 Å². The highest BCUT2D eigenvalue weighted by atomic mass is 15.2. The molecule has 2 aliphatic rings. The van der Waals surface area contributed by atoms with Gasteiger partial charge < -0.3 is 5.32 Å². The van der Waals surface area contributed by atoms with Crippen LogP contribution in [0.2, 0.25) is 0 Å². The second-order valence-corrected chi connectivity index (χ2v) is 6.71. The first-order valence-electron chi connectivity index (χ1n) is 8.31. The number of piperidine rings is 2. The van der Waals surface area contributed by atoms with Gasteiger partial charge in [-0.2, -0.15) is 0 Å². The van der Waals surface area contributed by atoms with Crippen molar-refractivity contribution in [2.75, 3.05) is 26.2 Å². The molecule has 0 bridgehead atoms. The summed E-state index contributed by atoms with van der Waals surface area (Å²) >= 11 is 0. The summed E-state index contributed by atoms with van der Waals surface area (Å²) in [6, 6.07) is 11.8. The third-order valence-corrected chi connectivity index (χ3v) is 5.27. The van der Waals surface area contributed by atoms with E-state index in [4.69, 9.17) is 0 Å². The van der Waals surface area contributed by atoms with Gasteiger partial charge in [-0.1, -0.05) is 37.3 Å². The van der Waals surface area contributed by atoms with E-state index in [1.807, 2.05) is 0 Å². The molecule has 2 unspecified atom stereocenters. The molecule has 1 aromatic rings. The first kappa shape index (κ1) is 14.1. The average molecular weight is 272 g/mol. The molecular weight excluding hydrogens is 244 g/mol. The van der Waals surface area contributed by atoms with E-state index in [1.54, 1.807) is 0 Å². The molecule has 2 heteroatoms. The first-order valence-corrected chi connectivity index (χ1v) is 8.31. The molecule has 2 fully saturated rings. The Morgan fingerprint density at radius 2 is 1.85 bits per heavy atom. The molecule has 2 heterocycles. The Morgan fingerprint density at radius 3 is 2.55 bits per heavy atom. The smallest absolute Gasteiger partial charge is 0.0246 e. The summed E-state index contributed by atoms with van der Waals surface area (Å²) in [7, 11) is 0.